The third kappa shape index (κ3) is 4.39. The highest BCUT2D eigenvalue weighted by Crippen LogP contribution is 2.28. The number of hydrogen-bond acceptors (Lipinski definition) is 3. The Labute approximate surface area is 176 Å². The maximum atomic E-state index is 11.7. The molecule has 152 valence electrons. The van der Waals surface area contributed by atoms with Crippen molar-refractivity contribution in [3.63, 3.8) is 0 Å². The number of nitriles is 1. The summed E-state index contributed by atoms with van der Waals surface area (Å²) in [5.74, 6) is 7.04. The van der Waals surface area contributed by atoms with Crippen molar-refractivity contribution in [2.24, 2.45) is 0 Å². The van der Waals surface area contributed by atoms with Gasteiger partial charge < -0.3 is 19.9 Å². The van der Waals surface area contributed by atoms with E-state index in [-0.39, 0.29) is 6.03 Å². The van der Waals surface area contributed by atoms with Gasteiger partial charge >= 0.3 is 6.03 Å². The maximum Gasteiger partial charge on any atom is 0.319 e. The highest BCUT2D eigenvalue weighted by molar-refractivity contribution is 5.91. The number of fused-ring (bicyclic) bond motifs is 1. The second kappa shape index (κ2) is 9.54. The van der Waals surface area contributed by atoms with E-state index in [9.17, 15) is 10.1 Å². The fourth-order valence-electron chi connectivity index (χ4n) is 3.21. The van der Waals surface area contributed by atoms with Crippen LogP contribution in [0.15, 0.2) is 42.5 Å². The van der Waals surface area contributed by atoms with Crippen LogP contribution in [0, 0.1) is 23.2 Å². The van der Waals surface area contributed by atoms with E-state index in [0.717, 1.165) is 28.6 Å². The Bertz CT molecular complexity index is 1160. The second-order valence-corrected chi connectivity index (χ2v) is 6.67. The zero-order valence-corrected chi connectivity index (χ0v) is 17.4. The molecule has 2 aromatic carbocycles. The smallest absolute Gasteiger partial charge is 0.319 e. The number of aryl methyl sites for hydroxylation is 1. The van der Waals surface area contributed by atoms with Gasteiger partial charge in [0, 0.05) is 35.8 Å². The van der Waals surface area contributed by atoms with Crippen molar-refractivity contribution in [3.8, 4) is 23.7 Å². The van der Waals surface area contributed by atoms with Crippen LogP contribution in [-0.4, -0.2) is 24.3 Å². The van der Waals surface area contributed by atoms with E-state index in [4.69, 9.17) is 4.74 Å². The largest absolute Gasteiger partial charge is 0.497 e. The summed E-state index contributed by atoms with van der Waals surface area (Å²) < 4.78 is 7.35. The number of benzene rings is 2. The van der Waals surface area contributed by atoms with E-state index in [0.29, 0.717) is 30.0 Å². The fourth-order valence-corrected chi connectivity index (χ4v) is 3.21. The summed E-state index contributed by atoms with van der Waals surface area (Å²) >= 11 is 0. The van der Waals surface area contributed by atoms with Crippen LogP contribution in [0.1, 0.15) is 37.1 Å². The van der Waals surface area contributed by atoms with Crippen LogP contribution in [0.4, 0.5) is 10.5 Å². The van der Waals surface area contributed by atoms with Crippen molar-refractivity contribution in [2.75, 3.05) is 19.0 Å². The van der Waals surface area contributed by atoms with Crippen LogP contribution in [0.25, 0.3) is 10.9 Å². The summed E-state index contributed by atoms with van der Waals surface area (Å²) in [6, 6.07) is 15.0. The first-order valence-electron chi connectivity index (χ1n) is 9.88. The summed E-state index contributed by atoms with van der Waals surface area (Å²) in [7, 11) is 1.62. The number of carbonyl (C=O) groups excluding carboxylic acids is 1. The molecule has 6 nitrogen and oxygen atoms in total. The van der Waals surface area contributed by atoms with E-state index in [2.05, 4.69) is 28.5 Å². The van der Waals surface area contributed by atoms with Crippen molar-refractivity contribution in [2.45, 2.75) is 26.8 Å². The fraction of sp³-hybridized carbons (Fsp3) is 0.250. The van der Waals surface area contributed by atoms with Crippen molar-refractivity contribution in [1.29, 1.82) is 5.26 Å². The number of nitrogens with zero attached hydrogens (tertiary/aromatic N) is 2. The van der Waals surface area contributed by atoms with E-state index in [1.54, 1.807) is 19.2 Å². The van der Waals surface area contributed by atoms with Crippen molar-refractivity contribution in [3.05, 3.63) is 59.3 Å². The highest BCUT2D eigenvalue weighted by Gasteiger charge is 2.15. The molecule has 3 aromatic rings. The number of rotatable bonds is 5. The zero-order valence-electron chi connectivity index (χ0n) is 17.4. The van der Waals surface area contributed by atoms with Crippen LogP contribution in [0.2, 0.25) is 0 Å². The Hall–Kier alpha value is -3.90. The average Bonchev–Trinajstić information content (AvgIpc) is 3.08. The molecule has 0 bridgehead atoms. The first-order chi connectivity index (χ1) is 14.6. The number of carbonyl (C=O) groups is 1. The van der Waals surface area contributed by atoms with Crippen LogP contribution < -0.4 is 15.4 Å². The van der Waals surface area contributed by atoms with Crippen molar-refractivity contribution < 1.29 is 9.53 Å². The van der Waals surface area contributed by atoms with Crippen LogP contribution in [-0.2, 0) is 6.54 Å². The van der Waals surface area contributed by atoms with Gasteiger partial charge in [0.25, 0.3) is 0 Å². The molecule has 2 amide bonds. The van der Waals surface area contributed by atoms with Gasteiger partial charge in [-0.25, -0.2) is 4.79 Å². The molecule has 0 fully saturated rings. The molecule has 3 rings (SSSR count). The number of hydrogen-bond donors (Lipinski definition) is 2. The lowest BCUT2D eigenvalue weighted by Crippen LogP contribution is -2.29. The third-order valence-electron chi connectivity index (χ3n) is 4.70. The molecule has 6 heteroatoms. The number of ether oxygens (including phenoxy) is 1. The summed E-state index contributed by atoms with van der Waals surface area (Å²) in [5.41, 5.74) is 3.66. The minimum Gasteiger partial charge on any atom is -0.497 e. The maximum absolute atomic E-state index is 11.7. The molecule has 30 heavy (non-hydrogen) atoms. The van der Waals surface area contributed by atoms with E-state index >= 15 is 0 Å². The molecule has 0 aliphatic heterocycles. The molecular formula is C24H24N4O2. The van der Waals surface area contributed by atoms with Crippen LogP contribution in [0.5, 0.6) is 5.75 Å². The van der Waals surface area contributed by atoms with Crippen molar-refractivity contribution in [1.82, 2.24) is 9.88 Å². The summed E-state index contributed by atoms with van der Waals surface area (Å²) in [5, 5.41) is 16.1. The third-order valence-corrected chi connectivity index (χ3v) is 4.70. The van der Waals surface area contributed by atoms with Crippen LogP contribution >= 0.6 is 0 Å². The lowest BCUT2D eigenvalue weighted by Gasteiger charge is -2.06. The Morgan fingerprint density at radius 3 is 2.53 bits per heavy atom. The predicted octanol–water partition coefficient (Wildman–Crippen LogP) is 4.47. The number of urea groups is 1. The molecule has 0 saturated heterocycles. The van der Waals surface area contributed by atoms with Gasteiger partial charge in [0.15, 0.2) is 0 Å². The molecule has 0 unspecified atom stereocenters. The van der Waals surface area contributed by atoms with Gasteiger partial charge in [-0.1, -0.05) is 12.8 Å². The Balaban J connectivity index is 1.90. The number of anilines is 1. The highest BCUT2D eigenvalue weighted by atomic mass is 16.5. The summed E-state index contributed by atoms with van der Waals surface area (Å²) in [6.07, 6.45) is 0.883. The van der Waals surface area contributed by atoms with E-state index in [1.807, 2.05) is 48.7 Å². The van der Waals surface area contributed by atoms with E-state index < -0.39 is 0 Å². The van der Waals surface area contributed by atoms with Gasteiger partial charge in [-0.3, -0.25) is 0 Å². The lowest BCUT2D eigenvalue weighted by atomic mass is 10.1. The second-order valence-electron chi connectivity index (χ2n) is 6.67. The van der Waals surface area contributed by atoms with Gasteiger partial charge in [-0.05, 0) is 55.7 Å². The monoisotopic (exact) mass is 400 g/mol. The zero-order chi connectivity index (χ0) is 21.5. The molecule has 0 saturated carbocycles. The standard InChI is InChI=1S/C24H24N4O2/c1-4-14-26-24(29)27-18-9-6-17(7-10-18)8-13-22-21(16-25)20-12-11-19(30-3)15-23(20)28(22)5-2/h6-7,9-12,15H,4-5,14H2,1-3H3,(H2,26,27,29). The molecule has 2 N–H and O–H groups in total. The quantitative estimate of drug-likeness (QED) is 0.620. The van der Waals surface area contributed by atoms with Gasteiger partial charge in [0.05, 0.1) is 18.2 Å². The predicted molar refractivity (Wildman–Crippen MR) is 119 cm³/mol. The Morgan fingerprint density at radius 2 is 1.90 bits per heavy atom. The lowest BCUT2D eigenvalue weighted by molar-refractivity contribution is 0.252. The molecule has 0 aliphatic rings. The average molecular weight is 400 g/mol. The SMILES string of the molecule is CCCNC(=O)Nc1ccc(C#Cc2c(C#N)c3ccc(OC)cc3n2CC)cc1. The molecule has 0 spiro atoms. The Morgan fingerprint density at radius 1 is 1.13 bits per heavy atom. The van der Waals surface area contributed by atoms with Crippen LogP contribution in [0.3, 0.4) is 0 Å². The van der Waals surface area contributed by atoms with E-state index in [1.165, 1.54) is 0 Å². The normalized spacial score (nSPS) is 10.1. The molecule has 1 aromatic heterocycles. The van der Waals surface area contributed by atoms with Gasteiger partial charge in [-0.2, -0.15) is 5.26 Å². The van der Waals surface area contributed by atoms with Crippen molar-refractivity contribution >= 4 is 22.6 Å². The minimum atomic E-state index is -0.225. The summed E-state index contributed by atoms with van der Waals surface area (Å²) in [4.78, 5) is 11.7. The van der Waals surface area contributed by atoms with Gasteiger partial charge in [0.1, 0.15) is 17.5 Å². The number of aromatic nitrogens is 1. The Kier molecular flexibility index (Phi) is 6.62. The molecular weight excluding hydrogens is 376 g/mol. The molecule has 1 heterocycles. The number of nitrogens with one attached hydrogen (secondary N) is 2. The molecule has 0 aliphatic carbocycles. The number of methoxy groups -OCH3 is 1. The first kappa shape index (κ1) is 20.8. The molecule has 0 atom stereocenters. The summed E-state index contributed by atoms with van der Waals surface area (Å²) in [6.45, 7) is 5.34. The minimum absolute atomic E-state index is 0.225. The molecule has 0 radical (unpaired) electrons. The number of amides is 2. The topological polar surface area (TPSA) is 79.1 Å². The van der Waals surface area contributed by atoms with Gasteiger partial charge in [0.2, 0.25) is 0 Å². The van der Waals surface area contributed by atoms with Gasteiger partial charge in [-0.15, -0.1) is 0 Å². The first-order valence-corrected chi connectivity index (χ1v) is 9.88.